The van der Waals surface area contributed by atoms with E-state index in [9.17, 15) is 5.26 Å². The number of hydrogen-bond donors (Lipinski definition) is 0. The Morgan fingerprint density at radius 1 is 0.513 bits per heavy atom. The van der Waals surface area contributed by atoms with Gasteiger partial charge in [-0.2, -0.15) is 5.26 Å². The van der Waals surface area contributed by atoms with Crippen molar-refractivity contribution in [2.24, 2.45) is 0 Å². The second-order valence-electron chi connectivity index (χ2n) is 9.19. The van der Waals surface area contributed by atoms with Crippen molar-refractivity contribution in [3.8, 4) is 51.4 Å². The first kappa shape index (κ1) is 22.6. The van der Waals surface area contributed by atoms with Crippen LogP contribution in [0.4, 0.5) is 0 Å². The van der Waals surface area contributed by atoms with Gasteiger partial charge in [-0.15, -0.1) is 0 Å². The van der Waals surface area contributed by atoms with Gasteiger partial charge in [-0.05, 0) is 35.4 Å². The molecule has 0 radical (unpaired) electrons. The maximum atomic E-state index is 9.34. The van der Waals surface area contributed by atoms with E-state index < -0.39 is 0 Å². The molecule has 39 heavy (non-hydrogen) atoms. The minimum atomic E-state index is 0.520. The summed E-state index contributed by atoms with van der Waals surface area (Å²) >= 11 is 0. The molecule has 2 aromatic heterocycles. The van der Waals surface area contributed by atoms with Gasteiger partial charge < -0.3 is 4.42 Å². The van der Waals surface area contributed by atoms with Crippen LogP contribution in [-0.2, 0) is 0 Å². The van der Waals surface area contributed by atoms with Gasteiger partial charge in [0.25, 0.3) is 0 Å². The Morgan fingerprint density at radius 3 is 1.74 bits per heavy atom. The van der Waals surface area contributed by atoms with Crippen LogP contribution < -0.4 is 0 Å². The van der Waals surface area contributed by atoms with Crippen LogP contribution in [0.1, 0.15) is 5.56 Å². The molecule has 0 unspecified atom stereocenters. The quantitative estimate of drug-likeness (QED) is 0.243. The predicted octanol–water partition coefficient (Wildman–Crippen LogP) is 8.31. The number of hydrogen-bond acceptors (Lipinski definition) is 5. The summed E-state index contributed by atoms with van der Waals surface area (Å²) in [4.78, 5) is 14.9. The number of aromatic nitrogens is 3. The molecule has 0 aliphatic rings. The van der Waals surface area contributed by atoms with Crippen LogP contribution in [0.5, 0.6) is 0 Å². The molecular weight excluding hydrogens is 480 g/mol. The third-order valence-electron chi connectivity index (χ3n) is 6.79. The number of nitrogens with zero attached hydrogens (tertiary/aromatic N) is 4. The molecule has 0 bridgehead atoms. The van der Waals surface area contributed by atoms with Gasteiger partial charge in [0.1, 0.15) is 11.2 Å². The molecule has 182 valence electrons. The molecule has 0 N–H and O–H groups in total. The van der Waals surface area contributed by atoms with Crippen molar-refractivity contribution in [1.82, 2.24) is 15.0 Å². The molecule has 0 amide bonds. The molecule has 0 fully saturated rings. The zero-order chi connectivity index (χ0) is 26.2. The SMILES string of the molecule is N#Cc1ccc(-c2ccc3c(oc4ccccc43)c2-c2nc(-c3ccccc3)nc(-c3ccccc3)n2)cc1. The average molecular weight is 501 g/mol. The molecule has 2 heterocycles. The molecule has 0 spiro atoms. The molecule has 7 aromatic rings. The van der Waals surface area contributed by atoms with Crippen LogP contribution in [0.15, 0.2) is 126 Å². The van der Waals surface area contributed by atoms with E-state index in [1.807, 2.05) is 103 Å². The van der Waals surface area contributed by atoms with E-state index in [2.05, 4.69) is 24.3 Å². The van der Waals surface area contributed by atoms with E-state index in [4.69, 9.17) is 19.4 Å². The van der Waals surface area contributed by atoms with Crippen molar-refractivity contribution in [1.29, 1.82) is 5.26 Å². The van der Waals surface area contributed by atoms with Crippen molar-refractivity contribution in [3.05, 3.63) is 127 Å². The molecule has 0 saturated heterocycles. The van der Waals surface area contributed by atoms with Gasteiger partial charge in [-0.1, -0.05) is 97.1 Å². The smallest absolute Gasteiger partial charge is 0.168 e. The fourth-order valence-electron chi connectivity index (χ4n) is 4.90. The lowest BCUT2D eigenvalue weighted by Crippen LogP contribution is -2.01. The second-order valence-corrected chi connectivity index (χ2v) is 9.19. The Kier molecular flexibility index (Phi) is 5.42. The molecule has 0 aliphatic heterocycles. The fourth-order valence-corrected chi connectivity index (χ4v) is 4.90. The van der Waals surface area contributed by atoms with Crippen LogP contribution in [0.25, 0.3) is 67.2 Å². The molecule has 5 aromatic carbocycles. The number of rotatable bonds is 4. The highest BCUT2D eigenvalue weighted by Crippen LogP contribution is 2.41. The first-order chi connectivity index (χ1) is 19.3. The summed E-state index contributed by atoms with van der Waals surface area (Å²) in [5, 5.41) is 11.4. The molecule has 5 nitrogen and oxygen atoms in total. The Morgan fingerprint density at radius 2 is 1.10 bits per heavy atom. The summed E-state index contributed by atoms with van der Waals surface area (Å²) in [6.45, 7) is 0. The standard InChI is InChI=1S/C34H20N4O/c35-21-22-15-17-23(18-16-22)26-19-20-28-27-13-7-8-14-29(27)39-31(28)30(26)34-37-32(24-9-3-1-4-10-24)36-33(38-34)25-11-5-2-6-12-25/h1-20H. The maximum absolute atomic E-state index is 9.34. The number of benzene rings is 5. The Balaban J connectivity index is 1.57. The zero-order valence-corrected chi connectivity index (χ0v) is 20.7. The van der Waals surface area contributed by atoms with Crippen LogP contribution in [0.3, 0.4) is 0 Å². The van der Waals surface area contributed by atoms with Gasteiger partial charge in [0.2, 0.25) is 0 Å². The molecule has 0 saturated carbocycles. The topological polar surface area (TPSA) is 75.6 Å². The average Bonchev–Trinajstić information content (AvgIpc) is 3.40. The Bertz CT molecular complexity index is 1950. The van der Waals surface area contributed by atoms with Gasteiger partial charge in [0.05, 0.1) is 17.2 Å². The fraction of sp³-hybridized carbons (Fsp3) is 0. The lowest BCUT2D eigenvalue weighted by molar-refractivity contribution is 0.669. The van der Waals surface area contributed by atoms with Crippen LogP contribution in [0, 0.1) is 11.3 Å². The van der Waals surface area contributed by atoms with E-state index in [1.165, 1.54) is 0 Å². The van der Waals surface area contributed by atoms with Gasteiger partial charge in [0.15, 0.2) is 17.5 Å². The third-order valence-corrected chi connectivity index (χ3v) is 6.79. The number of nitriles is 1. The first-order valence-electron chi connectivity index (χ1n) is 12.6. The van der Waals surface area contributed by atoms with Crippen molar-refractivity contribution >= 4 is 21.9 Å². The van der Waals surface area contributed by atoms with E-state index >= 15 is 0 Å². The number of para-hydroxylation sites is 1. The second kappa shape index (κ2) is 9.37. The van der Waals surface area contributed by atoms with Crippen LogP contribution in [-0.4, -0.2) is 15.0 Å². The first-order valence-corrected chi connectivity index (χ1v) is 12.6. The molecule has 5 heteroatoms. The van der Waals surface area contributed by atoms with Gasteiger partial charge in [-0.3, -0.25) is 0 Å². The van der Waals surface area contributed by atoms with Gasteiger partial charge in [0, 0.05) is 21.9 Å². The normalized spacial score (nSPS) is 11.1. The summed E-state index contributed by atoms with van der Waals surface area (Å²) in [7, 11) is 0. The lowest BCUT2D eigenvalue weighted by Gasteiger charge is -2.13. The highest BCUT2D eigenvalue weighted by molar-refractivity contribution is 6.12. The summed E-state index contributed by atoms with van der Waals surface area (Å²) in [5.41, 5.74) is 6.54. The Hall–Kier alpha value is -5.60. The van der Waals surface area contributed by atoms with E-state index in [1.54, 1.807) is 0 Å². The third kappa shape index (κ3) is 4.01. The summed E-state index contributed by atoms with van der Waals surface area (Å²) < 4.78 is 6.48. The van der Waals surface area contributed by atoms with Crippen molar-refractivity contribution in [2.45, 2.75) is 0 Å². The minimum absolute atomic E-state index is 0.520. The van der Waals surface area contributed by atoms with Gasteiger partial charge >= 0.3 is 0 Å². The molecular formula is C34H20N4O. The van der Waals surface area contributed by atoms with Crippen LogP contribution >= 0.6 is 0 Å². The number of furan rings is 1. The van der Waals surface area contributed by atoms with E-state index in [-0.39, 0.29) is 0 Å². The van der Waals surface area contributed by atoms with Crippen molar-refractivity contribution in [2.75, 3.05) is 0 Å². The van der Waals surface area contributed by atoms with Gasteiger partial charge in [-0.25, -0.2) is 15.0 Å². The largest absolute Gasteiger partial charge is 0.455 e. The zero-order valence-electron chi connectivity index (χ0n) is 20.7. The summed E-state index contributed by atoms with van der Waals surface area (Å²) in [6.07, 6.45) is 0. The highest BCUT2D eigenvalue weighted by Gasteiger charge is 2.22. The van der Waals surface area contributed by atoms with Crippen molar-refractivity contribution in [3.63, 3.8) is 0 Å². The predicted molar refractivity (Wildman–Crippen MR) is 154 cm³/mol. The van der Waals surface area contributed by atoms with E-state index in [0.29, 0.717) is 28.6 Å². The highest BCUT2D eigenvalue weighted by atomic mass is 16.3. The Labute approximate surface area is 224 Å². The summed E-state index contributed by atoms with van der Waals surface area (Å²) in [5.74, 6) is 1.68. The van der Waals surface area contributed by atoms with Crippen molar-refractivity contribution < 1.29 is 4.42 Å². The monoisotopic (exact) mass is 500 g/mol. The number of fused-ring (bicyclic) bond motifs is 3. The molecule has 0 aliphatic carbocycles. The molecule has 0 atom stereocenters. The van der Waals surface area contributed by atoms with Crippen LogP contribution in [0.2, 0.25) is 0 Å². The summed E-state index contributed by atoms with van der Waals surface area (Å²) in [6, 6.07) is 41.7. The maximum Gasteiger partial charge on any atom is 0.168 e. The lowest BCUT2D eigenvalue weighted by atomic mass is 9.95. The molecule has 7 rings (SSSR count). The minimum Gasteiger partial charge on any atom is -0.455 e. The van der Waals surface area contributed by atoms with E-state index in [0.717, 1.165) is 44.2 Å².